The number of aryl methyl sites for hydroxylation is 1. The van der Waals surface area contributed by atoms with Crippen molar-refractivity contribution in [3.05, 3.63) is 42.1 Å². The molecule has 3 nitrogen and oxygen atoms in total. The van der Waals surface area contributed by atoms with Gasteiger partial charge in [-0.15, -0.1) is 0 Å². The van der Waals surface area contributed by atoms with Crippen molar-refractivity contribution in [3.8, 4) is 17.0 Å². The van der Waals surface area contributed by atoms with Gasteiger partial charge in [0.2, 0.25) is 5.88 Å². The minimum absolute atomic E-state index is 0.595. The maximum atomic E-state index is 5.99. The van der Waals surface area contributed by atoms with Gasteiger partial charge in [-0.1, -0.05) is 12.1 Å². The zero-order valence-corrected chi connectivity index (χ0v) is 9.40. The van der Waals surface area contributed by atoms with Crippen LogP contribution in [0.1, 0.15) is 5.56 Å². The molecule has 16 heavy (non-hydrogen) atoms. The van der Waals surface area contributed by atoms with Crippen molar-refractivity contribution in [2.24, 2.45) is 0 Å². The van der Waals surface area contributed by atoms with Gasteiger partial charge < -0.3 is 10.5 Å². The van der Waals surface area contributed by atoms with E-state index in [-0.39, 0.29) is 0 Å². The third-order valence-corrected chi connectivity index (χ3v) is 2.46. The van der Waals surface area contributed by atoms with E-state index in [0.717, 1.165) is 22.4 Å². The molecule has 0 unspecified atom stereocenters. The van der Waals surface area contributed by atoms with Gasteiger partial charge >= 0.3 is 0 Å². The molecule has 1 aromatic carbocycles. The number of benzene rings is 1. The molecule has 1 heterocycles. The molecule has 0 fully saturated rings. The number of methoxy groups -OCH3 is 1. The number of aromatic nitrogens is 1. The monoisotopic (exact) mass is 214 g/mol. The van der Waals surface area contributed by atoms with Crippen LogP contribution >= 0.6 is 0 Å². The molecule has 2 rings (SSSR count). The molecule has 0 aliphatic rings. The third-order valence-electron chi connectivity index (χ3n) is 2.46. The van der Waals surface area contributed by atoms with Gasteiger partial charge in [-0.3, -0.25) is 0 Å². The second-order valence-corrected chi connectivity index (χ2v) is 3.65. The second kappa shape index (κ2) is 4.23. The maximum Gasteiger partial charge on any atom is 0.221 e. The van der Waals surface area contributed by atoms with E-state index >= 15 is 0 Å². The van der Waals surface area contributed by atoms with Crippen molar-refractivity contribution in [3.63, 3.8) is 0 Å². The Kier molecular flexibility index (Phi) is 2.77. The van der Waals surface area contributed by atoms with Crippen LogP contribution in [0, 0.1) is 6.92 Å². The van der Waals surface area contributed by atoms with E-state index in [9.17, 15) is 0 Å². The van der Waals surface area contributed by atoms with Crippen molar-refractivity contribution in [1.82, 2.24) is 4.98 Å². The molecule has 0 aliphatic carbocycles. The summed E-state index contributed by atoms with van der Waals surface area (Å²) in [5.41, 5.74) is 9.75. The number of nitrogens with two attached hydrogens (primary N) is 1. The number of anilines is 1. The van der Waals surface area contributed by atoms with Crippen molar-refractivity contribution in [1.29, 1.82) is 0 Å². The van der Waals surface area contributed by atoms with Crippen LogP contribution in [0.25, 0.3) is 11.1 Å². The van der Waals surface area contributed by atoms with E-state index in [4.69, 9.17) is 10.5 Å². The quantitative estimate of drug-likeness (QED) is 0.782. The van der Waals surface area contributed by atoms with Gasteiger partial charge in [0.25, 0.3) is 0 Å². The Morgan fingerprint density at radius 3 is 2.69 bits per heavy atom. The Bertz CT molecular complexity index is 509. The average molecular weight is 214 g/mol. The SMILES string of the molecule is COc1ncccc1-c1ccc(C)cc1N. The van der Waals surface area contributed by atoms with Crippen molar-refractivity contribution in [2.45, 2.75) is 6.92 Å². The standard InChI is InChI=1S/C13H14N2O/c1-9-5-6-10(12(14)8-9)11-4-3-7-15-13(11)16-2/h3-8H,14H2,1-2H3. The summed E-state index contributed by atoms with van der Waals surface area (Å²) < 4.78 is 5.22. The number of ether oxygens (including phenoxy) is 1. The van der Waals surface area contributed by atoms with Crippen LogP contribution in [0.15, 0.2) is 36.5 Å². The summed E-state index contributed by atoms with van der Waals surface area (Å²) in [6.45, 7) is 2.01. The molecule has 3 heteroatoms. The first-order valence-electron chi connectivity index (χ1n) is 5.08. The molecule has 1 aromatic heterocycles. The van der Waals surface area contributed by atoms with Crippen LogP contribution in [0.2, 0.25) is 0 Å². The topological polar surface area (TPSA) is 48.1 Å². The third kappa shape index (κ3) is 1.84. The first-order valence-corrected chi connectivity index (χ1v) is 5.08. The molecule has 0 bridgehead atoms. The van der Waals surface area contributed by atoms with E-state index in [0.29, 0.717) is 5.88 Å². The van der Waals surface area contributed by atoms with E-state index in [1.807, 2.05) is 37.3 Å². The molecule has 0 aliphatic heterocycles. The summed E-state index contributed by atoms with van der Waals surface area (Å²) in [4.78, 5) is 4.16. The molecule has 2 N–H and O–H groups in total. The molecular weight excluding hydrogens is 200 g/mol. The van der Waals surface area contributed by atoms with Crippen LogP contribution in [0.3, 0.4) is 0 Å². The largest absolute Gasteiger partial charge is 0.481 e. The lowest BCUT2D eigenvalue weighted by Gasteiger charge is -2.09. The molecule has 0 radical (unpaired) electrons. The number of nitrogen functional groups attached to an aromatic ring is 1. The summed E-state index contributed by atoms with van der Waals surface area (Å²) in [6.07, 6.45) is 1.70. The number of nitrogens with zero attached hydrogens (tertiary/aromatic N) is 1. The van der Waals surface area contributed by atoms with Gasteiger partial charge in [0.1, 0.15) is 0 Å². The van der Waals surface area contributed by atoms with Crippen LogP contribution in [-0.4, -0.2) is 12.1 Å². The van der Waals surface area contributed by atoms with Crippen LogP contribution < -0.4 is 10.5 Å². The lowest BCUT2D eigenvalue weighted by molar-refractivity contribution is 0.399. The maximum absolute atomic E-state index is 5.99. The fourth-order valence-electron chi connectivity index (χ4n) is 1.69. The van der Waals surface area contributed by atoms with Crippen molar-refractivity contribution in [2.75, 3.05) is 12.8 Å². The summed E-state index contributed by atoms with van der Waals surface area (Å²) >= 11 is 0. The first-order chi connectivity index (χ1) is 7.72. The van der Waals surface area contributed by atoms with Crippen LogP contribution in [0.4, 0.5) is 5.69 Å². The Balaban J connectivity index is 2.58. The lowest BCUT2D eigenvalue weighted by atomic mass is 10.0. The highest BCUT2D eigenvalue weighted by Gasteiger charge is 2.08. The molecule has 0 spiro atoms. The molecule has 0 atom stereocenters. The normalized spacial score (nSPS) is 10.1. The Morgan fingerprint density at radius 2 is 2.00 bits per heavy atom. The predicted molar refractivity (Wildman–Crippen MR) is 65.4 cm³/mol. The number of pyridine rings is 1. The van der Waals surface area contributed by atoms with Crippen molar-refractivity contribution >= 4 is 5.69 Å². The van der Waals surface area contributed by atoms with Crippen LogP contribution in [0.5, 0.6) is 5.88 Å². The van der Waals surface area contributed by atoms with Gasteiger partial charge in [-0.05, 0) is 30.7 Å². The number of rotatable bonds is 2. The second-order valence-electron chi connectivity index (χ2n) is 3.65. The van der Waals surface area contributed by atoms with Gasteiger partial charge in [0.05, 0.1) is 7.11 Å². The van der Waals surface area contributed by atoms with Gasteiger partial charge in [-0.2, -0.15) is 0 Å². The molecule has 0 amide bonds. The molecule has 0 saturated carbocycles. The molecule has 2 aromatic rings. The lowest BCUT2D eigenvalue weighted by Crippen LogP contribution is -1.95. The Morgan fingerprint density at radius 1 is 1.19 bits per heavy atom. The molecular formula is C13H14N2O. The smallest absolute Gasteiger partial charge is 0.221 e. The highest BCUT2D eigenvalue weighted by molar-refractivity contribution is 5.79. The number of hydrogen-bond donors (Lipinski definition) is 1. The summed E-state index contributed by atoms with van der Waals surface area (Å²) in [5.74, 6) is 0.595. The first kappa shape index (κ1) is 10.5. The highest BCUT2D eigenvalue weighted by Crippen LogP contribution is 2.32. The minimum Gasteiger partial charge on any atom is -0.481 e. The molecule has 0 saturated heterocycles. The molecule has 82 valence electrons. The zero-order chi connectivity index (χ0) is 11.5. The predicted octanol–water partition coefficient (Wildman–Crippen LogP) is 2.65. The fourth-order valence-corrected chi connectivity index (χ4v) is 1.69. The Labute approximate surface area is 94.9 Å². The van der Waals surface area contributed by atoms with Gasteiger partial charge in [0.15, 0.2) is 0 Å². The van der Waals surface area contributed by atoms with Gasteiger partial charge in [-0.25, -0.2) is 4.98 Å². The zero-order valence-electron chi connectivity index (χ0n) is 9.40. The highest BCUT2D eigenvalue weighted by atomic mass is 16.5. The van der Waals surface area contributed by atoms with Gasteiger partial charge in [0, 0.05) is 23.0 Å². The van der Waals surface area contributed by atoms with E-state index in [1.165, 1.54) is 0 Å². The summed E-state index contributed by atoms with van der Waals surface area (Å²) in [6, 6.07) is 9.79. The van der Waals surface area contributed by atoms with E-state index in [2.05, 4.69) is 4.98 Å². The Hall–Kier alpha value is -2.03. The average Bonchev–Trinajstić information content (AvgIpc) is 2.29. The summed E-state index contributed by atoms with van der Waals surface area (Å²) in [7, 11) is 1.61. The van der Waals surface area contributed by atoms with E-state index in [1.54, 1.807) is 13.3 Å². The fraction of sp³-hybridized carbons (Fsp3) is 0.154. The van der Waals surface area contributed by atoms with E-state index < -0.39 is 0 Å². The van der Waals surface area contributed by atoms with Crippen LogP contribution in [-0.2, 0) is 0 Å². The number of hydrogen-bond acceptors (Lipinski definition) is 3. The summed E-state index contributed by atoms with van der Waals surface area (Å²) in [5, 5.41) is 0. The minimum atomic E-state index is 0.595. The van der Waals surface area contributed by atoms with Crippen molar-refractivity contribution < 1.29 is 4.74 Å².